The van der Waals surface area contributed by atoms with Crippen LogP contribution in [-0.2, 0) is 11.3 Å². The molecular weight excluding hydrogens is 337 g/mol. The van der Waals surface area contributed by atoms with Crippen LogP contribution in [0.25, 0.3) is 0 Å². The molecule has 2 aromatic rings. The van der Waals surface area contributed by atoms with E-state index >= 15 is 0 Å². The highest BCUT2D eigenvalue weighted by molar-refractivity contribution is 9.10. The van der Waals surface area contributed by atoms with Gasteiger partial charge < -0.3 is 4.90 Å². The summed E-state index contributed by atoms with van der Waals surface area (Å²) in [6.45, 7) is 1.90. The molecule has 1 aliphatic heterocycles. The topological polar surface area (TPSA) is 37.4 Å². The summed E-state index contributed by atoms with van der Waals surface area (Å²) in [6, 6.07) is 9.89. The van der Waals surface area contributed by atoms with E-state index in [0.29, 0.717) is 21.3 Å². The zero-order valence-corrected chi connectivity index (χ0v) is 12.8. The second-order valence-electron chi connectivity index (χ2n) is 4.98. The average molecular weight is 348 g/mol. The maximum atomic E-state index is 13.9. The van der Waals surface area contributed by atoms with Gasteiger partial charge in [-0.15, -0.1) is 0 Å². The van der Waals surface area contributed by atoms with Crippen LogP contribution >= 0.6 is 15.9 Å². The van der Waals surface area contributed by atoms with Crippen LogP contribution in [0.3, 0.4) is 0 Å². The molecule has 0 N–H and O–H groups in total. The highest BCUT2D eigenvalue weighted by atomic mass is 79.9. The van der Waals surface area contributed by atoms with Gasteiger partial charge in [-0.2, -0.15) is 0 Å². The van der Waals surface area contributed by atoms with Gasteiger partial charge in [0.15, 0.2) is 0 Å². The first kappa shape index (κ1) is 13.9. The molecule has 2 aromatic carbocycles. The van der Waals surface area contributed by atoms with Gasteiger partial charge in [-0.05, 0) is 31.2 Å². The SMILES string of the molecule is Cc1ccc2c(c1)C(=O)C(=O)N2Cc1ccc(Br)cc1F. The molecule has 3 rings (SSSR count). The zero-order valence-electron chi connectivity index (χ0n) is 11.2. The number of anilines is 1. The maximum Gasteiger partial charge on any atom is 0.299 e. The third-order valence-corrected chi connectivity index (χ3v) is 3.96. The fraction of sp³-hybridized carbons (Fsp3) is 0.125. The molecule has 0 aromatic heterocycles. The van der Waals surface area contributed by atoms with Crippen molar-refractivity contribution in [2.24, 2.45) is 0 Å². The summed E-state index contributed by atoms with van der Waals surface area (Å²) in [7, 11) is 0. The van der Waals surface area contributed by atoms with Crippen molar-refractivity contribution in [3.63, 3.8) is 0 Å². The Hall–Kier alpha value is -2.01. The number of halogens is 2. The van der Waals surface area contributed by atoms with Crippen molar-refractivity contribution in [1.29, 1.82) is 0 Å². The van der Waals surface area contributed by atoms with E-state index in [1.807, 2.05) is 13.0 Å². The smallest absolute Gasteiger partial charge is 0.299 e. The molecule has 5 heteroatoms. The minimum absolute atomic E-state index is 0.0414. The summed E-state index contributed by atoms with van der Waals surface area (Å²) in [5.41, 5.74) is 2.20. The summed E-state index contributed by atoms with van der Waals surface area (Å²) >= 11 is 3.19. The van der Waals surface area contributed by atoms with Crippen molar-refractivity contribution >= 4 is 33.3 Å². The van der Waals surface area contributed by atoms with Crippen LogP contribution in [0.15, 0.2) is 40.9 Å². The lowest BCUT2D eigenvalue weighted by atomic mass is 10.1. The van der Waals surface area contributed by atoms with E-state index in [4.69, 9.17) is 0 Å². The van der Waals surface area contributed by atoms with E-state index in [-0.39, 0.29) is 6.54 Å². The Bertz CT molecular complexity index is 773. The Labute approximate surface area is 129 Å². The Kier molecular flexibility index (Phi) is 3.37. The normalized spacial score (nSPS) is 13.8. The first-order valence-corrected chi connectivity index (χ1v) is 7.17. The number of nitrogens with zero attached hydrogens (tertiary/aromatic N) is 1. The molecular formula is C16H11BrFNO2. The monoisotopic (exact) mass is 347 g/mol. The third-order valence-electron chi connectivity index (χ3n) is 3.47. The predicted molar refractivity (Wildman–Crippen MR) is 80.8 cm³/mol. The molecule has 1 heterocycles. The number of fused-ring (bicyclic) bond motifs is 1. The van der Waals surface area contributed by atoms with Gasteiger partial charge in [0.1, 0.15) is 5.82 Å². The fourth-order valence-electron chi connectivity index (χ4n) is 2.39. The van der Waals surface area contributed by atoms with E-state index in [1.54, 1.807) is 24.3 Å². The third kappa shape index (κ3) is 2.38. The Balaban J connectivity index is 2.00. The minimum Gasteiger partial charge on any atom is -0.300 e. The molecule has 21 heavy (non-hydrogen) atoms. The van der Waals surface area contributed by atoms with Gasteiger partial charge in [-0.25, -0.2) is 4.39 Å². The van der Waals surface area contributed by atoms with Crippen LogP contribution in [0.1, 0.15) is 21.5 Å². The summed E-state index contributed by atoms with van der Waals surface area (Å²) < 4.78 is 14.5. The molecule has 0 unspecified atom stereocenters. The molecule has 0 radical (unpaired) electrons. The maximum absolute atomic E-state index is 13.9. The van der Waals surface area contributed by atoms with Gasteiger partial charge in [0.2, 0.25) is 0 Å². The molecule has 106 valence electrons. The lowest BCUT2D eigenvalue weighted by molar-refractivity contribution is -0.114. The molecule has 1 aliphatic rings. The van der Waals surface area contributed by atoms with E-state index < -0.39 is 17.5 Å². The zero-order chi connectivity index (χ0) is 15.1. The Morgan fingerprint density at radius 2 is 1.90 bits per heavy atom. The Morgan fingerprint density at radius 1 is 1.14 bits per heavy atom. The van der Waals surface area contributed by atoms with Crippen LogP contribution in [0.2, 0.25) is 0 Å². The number of rotatable bonds is 2. The Morgan fingerprint density at radius 3 is 2.62 bits per heavy atom. The van der Waals surface area contributed by atoms with E-state index in [0.717, 1.165) is 5.56 Å². The summed E-state index contributed by atoms with van der Waals surface area (Å²) in [6.07, 6.45) is 0. The van der Waals surface area contributed by atoms with Crippen LogP contribution in [-0.4, -0.2) is 11.7 Å². The van der Waals surface area contributed by atoms with Crippen LogP contribution in [0.5, 0.6) is 0 Å². The number of ketones is 1. The van der Waals surface area contributed by atoms with E-state index in [1.165, 1.54) is 11.0 Å². The van der Waals surface area contributed by atoms with Gasteiger partial charge in [-0.3, -0.25) is 9.59 Å². The molecule has 0 atom stereocenters. The van der Waals surface area contributed by atoms with Gasteiger partial charge in [0.05, 0.1) is 17.8 Å². The van der Waals surface area contributed by atoms with Gasteiger partial charge in [0.25, 0.3) is 11.7 Å². The molecule has 0 aliphatic carbocycles. The van der Waals surface area contributed by atoms with Crippen molar-refractivity contribution in [3.05, 3.63) is 63.4 Å². The van der Waals surface area contributed by atoms with Crippen molar-refractivity contribution in [1.82, 2.24) is 0 Å². The minimum atomic E-state index is -0.613. The molecule has 3 nitrogen and oxygen atoms in total. The highest BCUT2D eigenvalue weighted by Gasteiger charge is 2.35. The second-order valence-corrected chi connectivity index (χ2v) is 5.89. The van der Waals surface area contributed by atoms with Crippen molar-refractivity contribution in [3.8, 4) is 0 Å². The number of aryl methyl sites for hydroxylation is 1. The number of amides is 1. The molecule has 0 bridgehead atoms. The summed E-state index contributed by atoms with van der Waals surface area (Å²) in [4.78, 5) is 25.4. The molecule has 1 amide bonds. The quantitative estimate of drug-likeness (QED) is 0.778. The van der Waals surface area contributed by atoms with Crippen molar-refractivity contribution in [2.75, 3.05) is 4.90 Å². The van der Waals surface area contributed by atoms with Crippen molar-refractivity contribution < 1.29 is 14.0 Å². The molecule has 0 saturated carbocycles. The first-order chi connectivity index (χ1) is 9.97. The number of carbonyl (C=O) groups is 2. The first-order valence-electron chi connectivity index (χ1n) is 6.38. The molecule has 0 spiro atoms. The molecule has 0 fully saturated rings. The second kappa shape index (κ2) is 5.07. The summed E-state index contributed by atoms with van der Waals surface area (Å²) in [5, 5.41) is 0. The largest absolute Gasteiger partial charge is 0.300 e. The fourth-order valence-corrected chi connectivity index (χ4v) is 2.72. The van der Waals surface area contributed by atoms with Crippen LogP contribution in [0, 0.1) is 12.7 Å². The van der Waals surface area contributed by atoms with E-state index in [9.17, 15) is 14.0 Å². The average Bonchev–Trinajstić information content (AvgIpc) is 2.66. The summed E-state index contributed by atoms with van der Waals surface area (Å²) in [5.74, 6) is -1.56. The van der Waals surface area contributed by atoms with Gasteiger partial charge in [-0.1, -0.05) is 33.6 Å². The number of carbonyl (C=O) groups excluding carboxylic acids is 2. The van der Waals surface area contributed by atoms with Gasteiger partial charge >= 0.3 is 0 Å². The highest BCUT2D eigenvalue weighted by Crippen LogP contribution is 2.31. The predicted octanol–water partition coefficient (Wildman–Crippen LogP) is 3.63. The lowest BCUT2D eigenvalue weighted by Gasteiger charge is -2.17. The number of hydrogen-bond acceptors (Lipinski definition) is 2. The van der Waals surface area contributed by atoms with Gasteiger partial charge in [0, 0.05) is 10.0 Å². The number of benzene rings is 2. The van der Waals surface area contributed by atoms with E-state index in [2.05, 4.69) is 15.9 Å². The standard InChI is InChI=1S/C16H11BrFNO2/c1-9-2-5-14-12(6-9)15(20)16(21)19(14)8-10-3-4-11(17)7-13(10)18/h2-7H,8H2,1H3. The number of Topliss-reactive ketones (excluding diaryl/α,β-unsaturated/α-hetero) is 1. The lowest BCUT2D eigenvalue weighted by Crippen LogP contribution is -2.29. The molecule has 0 saturated heterocycles. The number of hydrogen-bond donors (Lipinski definition) is 0. The van der Waals surface area contributed by atoms with Crippen LogP contribution < -0.4 is 4.90 Å². The van der Waals surface area contributed by atoms with Crippen LogP contribution in [0.4, 0.5) is 10.1 Å². The van der Waals surface area contributed by atoms with Crippen molar-refractivity contribution in [2.45, 2.75) is 13.5 Å².